The summed E-state index contributed by atoms with van der Waals surface area (Å²) >= 11 is 0. The third-order valence-corrected chi connectivity index (χ3v) is 4.50. The van der Waals surface area contributed by atoms with Crippen LogP contribution >= 0.6 is 12.4 Å². The first-order valence-corrected chi connectivity index (χ1v) is 7.72. The molecule has 1 fully saturated rings. The fourth-order valence-corrected chi connectivity index (χ4v) is 2.79. The number of nitrogens with one attached hydrogen (secondary N) is 1. The van der Waals surface area contributed by atoms with Crippen LogP contribution in [0.1, 0.15) is 37.8 Å². The van der Waals surface area contributed by atoms with E-state index in [0.717, 1.165) is 30.8 Å². The SMILES string of the molecule is COc1ccc(C(C)N(C)C(=O)CCC2CCNC2)cc1.Cl. The zero-order valence-electron chi connectivity index (χ0n) is 13.7. The average molecular weight is 327 g/mol. The van der Waals surface area contributed by atoms with Crippen LogP contribution in [0, 0.1) is 5.92 Å². The Hall–Kier alpha value is -1.26. The third kappa shape index (κ3) is 4.89. The molecule has 1 aromatic rings. The molecular formula is C17H27ClN2O2. The number of ether oxygens (including phenoxy) is 1. The van der Waals surface area contributed by atoms with Crippen LogP contribution in [-0.2, 0) is 4.79 Å². The Kier molecular flexibility index (Phi) is 7.69. The molecule has 1 aliphatic heterocycles. The Morgan fingerprint density at radius 2 is 2.09 bits per heavy atom. The van der Waals surface area contributed by atoms with Crippen molar-refractivity contribution in [2.24, 2.45) is 5.92 Å². The summed E-state index contributed by atoms with van der Waals surface area (Å²) < 4.78 is 5.17. The minimum atomic E-state index is 0. The van der Waals surface area contributed by atoms with Crippen molar-refractivity contribution in [3.63, 3.8) is 0 Å². The lowest BCUT2D eigenvalue weighted by Gasteiger charge is -2.26. The molecule has 22 heavy (non-hydrogen) atoms. The van der Waals surface area contributed by atoms with E-state index in [2.05, 4.69) is 12.2 Å². The summed E-state index contributed by atoms with van der Waals surface area (Å²) in [5, 5.41) is 3.35. The number of hydrogen-bond acceptors (Lipinski definition) is 3. The fourth-order valence-electron chi connectivity index (χ4n) is 2.79. The quantitative estimate of drug-likeness (QED) is 0.873. The molecule has 0 bridgehead atoms. The summed E-state index contributed by atoms with van der Waals surface area (Å²) in [4.78, 5) is 14.2. The lowest BCUT2D eigenvalue weighted by molar-refractivity contribution is -0.132. The molecule has 1 aromatic carbocycles. The molecule has 5 heteroatoms. The van der Waals surface area contributed by atoms with Gasteiger partial charge in [0.05, 0.1) is 13.2 Å². The third-order valence-electron chi connectivity index (χ3n) is 4.50. The second-order valence-electron chi connectivity index (χ2n) is 5.85. The molecule has 124 valence electrons. The van der Waals surface area contributed by atoms with Crippen molar-refractivity contribution in [2.45, 2.75) is 32.2 Å². The van der Waals surface area contributed by atoms with Gasteiger partial charge < -0.3 is 15.0 Å². The van der Waals surface area contributed by atoms with Gasteiger partial charge in [-0.25, -0.2) is 0 Å². The summed E-state index contributed by atoms with van der Waals surface area (Å²) in [6.45, 7) is 4.22. The van der Waals surface area contributed by atoms with Crippen molar-refractivity contribution in [2.75, 3.05) is 27.2 Å². The maximum absolute atomic E-state index is 12.3. The molecule has 0 radical (unpaired) electrons. The standard InChI is InChI=1S/C17H26N2O2.ClH/c1-13(15-5-7-16(21-3)8-6-15)19(2)17(20)9-4-14-10-11-18-12-14;/h5-8,13-14,18H,4,9-12H2,1-3H3;1H. The summed E-state index contributed by atoms with van der Waals surface area (Å²) in [6, 6.07) is 8.01. The number of rotatable bonds is 6. The Bertz CT molecular complexity index is 458. The Morgan fingerprint density at radius 3 is 2.64 bits per heavy atom. The molecule has 0 aromatic heterocycles. The maximum atomic E-state index is 12.3. The lowest BCUT2D eigenvalue weighted by Crippen LogP contribution is -2.30. The van der Waals surface area contributed by atoms with Crippen molar-refractivity contribution < 1.29 is 9.53 Å². The molecule has 2 rings (SSSR count). The summed E-state index contributed by atoms with van der Waals surface area (Å²) in [6.07, 6.45) is 2.83. The predicted octanol–water partition coefficient (Wildman–Crippen LogP) is 3.03. The lowest BCUT2D eigenvalue weighted by atomic mass is 10.0. The Labute approximate surface area is 139 Å². The Morgan fingerprint density at radius 1 is 1.41 bits per heavy atom. The van der Waals surface area contributed by atoms with Gasteiger partial charge in [0.25, 0.3) is 0 Å². The number of amides is 1. The minimum absolute atomic E-state index is 0. The van der Waals surface area contributed by atoms with Gasteiger partial charge in [0, 0.05) is 13.5 Å². The Balaban J connectivity index is 0.00000242. The van der Waals surface area contributed by atoms with Gasteiger partial charge in [-0.15, -0.1) is 12.4 Å². The highest BCUT2D eigenvalue weighted by Gasteiger charge is 2.20. The molecule has 1 aliphatic rings. The van der Waals surface area contributed by atoms with Crippen molar-refractivity contribution in [1.82, 2.24) is 10.2 Å². The number of methoxy groups -OCH3 is 1. The van der Waals surface area contributed by atoms with Crippen LogP contribution in [0.25, 0.3) is 0 Å². The predicted molar refractivity (Wildman–Crippen MR) is 91.6 cm³/mol. The molecule has 2 atom stereocenters. The van der Waals surface area contributed by atoms with E-state index in [1.165, 1.54) is 6.42 Å². The van der Waals surface area contributed by atoms with E-state index in [4.69, 9.17) is 4.74 Å². The molecule has 1 amide bonds. The van der Waals surface area contributed by atoms with Gasteiger partial charge >= 0.3 is 0 Å². The van der Waals surface area contributed by atoms with E-state index in [-0.39, 0.29) is 24.4 Å². The van der Waals surface area contributed by atoms with Crippen molar-refractivity contribution in [3.8, 4) is 5.75 Å². The summed E-state index contributed by atoms with van der Waals surface area (Å²) in [5.74, 6) is 1.73. The van der Waals surface area contributed by atoms with E-state index in [1.807, 2.05) is 36.2 Å². The van der Waals surface area contributed by atoms with Crippen LogP contribution in [0.5, 0.6) is 5.75 Å². The van der Waals surface area contributed by atoms with Crippen LogP contribution in [0.4, 0.5) is 0 Å². The van der Waals surface area contributed by atoms with Crippen LogP contribution in [-0.4, -0.2) is 38.1 Å². The van der Waals surface area contributed by atoms with Gasteiger partial charge in [0.15, 0.2) is 0 Å². The van der Waals surface area contributed by atoms with Crippen LogP contribution in [0.2, 0.25) is 0 Å². The highest BCUT2D eigenvalue weighted by atomic mass is 35.5. The first-order chi connectivity index (χ1) is 10.1. The van der Waals surface area contributed by atoms with Crippen molar-refractivity contribution in [1.29, 1.82) is 0 Å². The molecular weight excluding hydrogens is 300 g/mol. The first kappa shape index (κ1) is 18.8. The maximum Gasteiger partial charge on any atom is 0.222 e. The first-order valence-electron chi connectivity index (χ1n) is 7.72. The summed E-state index contributed by atoms with van der Waals surface area (Å²) in [7, 11) is 3.55. The molecule has 1 heterocycles. The second kappa shape index (κ2) is 9.01. The van der Waals surface area contributed by atoms with Gasteiger partial charge in [-0.2, -0.15) is 0 Å². The van der Waals surface area contributed by atoms with E-state index in [0.29, 0.717) is 12.3 Å². The number of carbonyl (C=O) groups excluding carboxylic acids is 1. The van der Waals surface area contributed by atoms with Gasteiger partial charge in [0.1, 0.15) is 5.75 Å². The van der Waals surface area contributed by atoms with Crippen LogP contribution in [0.3, 0.4) is 0 Å². The van der Waals surface area contributed by atoms with Gasteiger partial charge in [0.2, 0.25) is 5.91 Å². The summed E-state index contributed by atoms with van der Waals surface area (Å²) in [5.41, 5.74) is 1.13. The topological polar surface area (TPSA) is 41.6 Å². The molecule has 0 saturated carbocycles. The van der Waals surface area contributed by atoms with E-state index in [1.54, 1.807) is 7.11 Å². The molecule has 1 saturated heterocycles. The number of benzene rings is 1. The number of nitrogens with zero attached hydrogens (tertiary/aromatic N) is 1. The highest BCUT2D eigenvalue weighted by Crippen LogP contribution is 2.23. The normalized spacial score (nSPS) is 18.4. The number of hydrogen-bond donors (Lipinski definition) is 1. The average Bonchev–Trinajstić information content (AvgIpc) is 3.04. The highest BCUT2D eigenvalue weighted by molar-refractivity contribution is 5.85. The minimum Gasteiger partial charge on any atom is -0.497 e. The molecule has 0 spiro atoms. The second-order valence-corrected chi connectivity index (χ2v) is 5.85. The van der Waals surface area contributed by atoms with Crippen LogP contribution < -0.4 is 10.1 Å². The van der Waals surface area contributed by atoms with Gasteiger partial charge in [-0.1, -0.05) is 12.1 Å². The molecule has 0 aliphatic carbocycles. The van der Waals surface area contributed by atoms with E-state index >= 15 is 0 Å². The van der Waals surface area contributed by atoms with Crippen molar-refractivity contribution >= 4 is 18.3 Å². The van der Waals surface area contributed by atoms with E-state index in [9.17, 15) is 4.79 Å². The molecule has 4 nitrogen and oxygen atoms in total. The number of halogens is 1. The molecule has 2 unspecified atom stereocenters. The molecule has 1 N–H and O–H groups in total. The fraction of sp³-hybridized carbons (Fsp3) is 0.588. The largest absolute Gasteiger partial charge is 0.497 e. The van der Waals surface area contributed by atoms with E-state index < -0.39 is 0 Å². The zero-order chi connectivity index (χ0) is 15.2. The van der Waals surface area contributed by atoms with Gasteiger partial charge in [-0.3, -0.25) is 4.79 Å². The zero-order valence-corrected chi connectivity index (χ0v) is 14.5. The monoisotopic (exact) mass is 326 g/mol. The van der Waals surface area contributed by atoms with Crippen molar-refractivity contribution in [3.05, 3.63) is 29.8 Å². The number of carbonyl (C=O) groups is 1. The van der Waals surface area contributed by atoms with Crippen LogP contribution in [0.15, 0.2) is 24.3 Å². The van der Waals surface area contributed by atoms with Gasteiger partial charge in [-0.05, 0) is 56.5 Å². The smallest absolute Gasteiger partial charge is 0.222 e.